The first-order valence-electron chi connectivity index (χ1n) is 9.97. The molecule has 1 atom stereocenters. The van der Waals surface area contributed by atoms with E-state index in [1.165, 1.54) is 0 Å². The van der Waals surface area contributed by atoms with E-state index in [4.69, 9.17) is 14.2 Å². The van der Waals surface area contributed by atoms with Gasteiger partial charge in [-0.05, 0) is 49.2 Å². The molecule has 2 heterocycles. The van der Waals surface area contributed by atoms with Crippen LogP contribution in [0.5, 0.6) is 17.2 Å². The number of rotatable bonds is 7. The molecule has 2 aliphatic heterocycles. The van der Waals surface area contributed by atoms with Crippen LogP contribution in [-0.2, 0) is 15.1 Å². The Morgan fingerprint density at radius 1 is 1.19 bits per heavy atom. The Labute approximate surface area is 184 Å². The van der Waals surface area contributed by atoms with Gasteiger partial charge in [0.2, 0.25) is 12.7 Å². The van der Waals surface area contributed by atoms with Gasteiger partial charge >= 0.3 is 6.03 Å². The molecule has 2 aromatic rings. The third-order valence-corrected chi connectivity index (χ3v) is 5.15. The molecule has 0 bridgehead atoms. The van der Waals surface area contributed by atoms with Crippen LogP contribution in [0.2, 0.25) is 0 Å². The van der Waals surface area contributed by atoms with E-state index in [9.17, 15) is 14.4 Å². The van der Waals surface area contributed by atoms with Crippen molar-refractivity contribution in [3.63, 3.8) is 0 Å². The molecular weight excluding hydrogens is 414 g/mol. The molecule has 1 unspecified atom stereocenters. The number of nitrogens with one attached hydrogen (secondary N) is 2. The van der Waals surface area contributed by atoms with Crippen LogP contribution in [0.1, 0.15) is 19.4 Å². The summed E-state index contributed by atoms with van der Waals surface area (Å²) in [5, 5.41) is 5.35. The fourth-order valence-electron chi connectivity index (χ4n) is 3.45. The van der Waals surface area contributed by atoms with Crippen LogP contribution in [0, 0.1) is 0 Å². The number of nitrogens with zero attached hydrogens (tertiary/aromatic N) is 1. The van der Waals surface area contributed by atoms with Crippen LogP contribution < -0.4 is 24.8 Å². The van der Waals surface area contributed by atoms with E-state index in [0.29, 0.717) is 35.1 Å². The van der Waals surface area contributed by atoms with Gasteiger partial charge in [0.1, 0.15) is 24.4 Å². The van der Waals surface area contributed by atoms with E-state index in [2.05, 4.69) is 17.2 Å². The van der Waals surface area contributed by atoms with Gasteiger partial charge < -0.3 is 24.8 Å². The first kappa shape index (κ1) is 21.2. The van der Waals surface area contributed by atoms with Crippen molar-refractivity contribution < 1.29 is 28.6 Å². The standard InChI is InChI=1S/C23H23N3O6/c1-14(2)12-30-17-7-4-15(5-8-17)23(3)21(28)26(22(29)25-23)11-20(27)24-16-6-9-18-19(10-16)32-13-31-18/h4-10H,1,11-13H2,2-3H3,(H,24,27)(H,25,29). The lowest BCUT2D eigenvalue weighted by Crippen LogP contribution is -2.42. The zero-order chi connectivity index (χ0) is 22.9. The van der Waals surface area contributed by atoms with Crippen LogP contribution in [0.4, 0.5) is 10.5 Å². The molecule has 4 amide bonds. The lowest BCUT2D eigenvalue weighted by Gasteiger charge is -2.22. The molecule has 0 spiro atoms. The SMILES string of the molecule is C=C(C)COc1ccc(C2(C)NC(=O)N(CC(=O)Nc3ccc4c(c3)OCO4)C2=O)cc1. The Kier molecular flexibility index (Phi) is 5.48. The Balaban J connectivity index is 1.42. The van der Waals surface area contributed by atoms with E-state index in [0.717, 1.165) is 10.5 Å². The second kappa shape index (κ2) is 8.26. The summed E-state index contributed by atoms with van der Waals surface area (Å²) in [6, 6.07) is 11.2. The molecule has 4 rings (SSSR count). The zero-order valence-corrected chi connectivity index (χ0v) is 17.8. The highest BCUT2D eigenvalue weighted by Crippen LogP contribution is 2.34. The van der Waals surface area contributed by atoms with Gasteiger partial charge in [-0.25, -0.2) is 4.79 Å². The van der Waals surface area contributed by atoms with Gasteiger partial charge in [0, 0.05) is 11.8 Å². The minimum atomic E-state index is -1.29. The van der Waals surface area contributed by atoms with Gasteiger partial charge in [-0.1, -0.05) is 18.7 Å². The predicted molar refractivity (Wildman–Crippen MR) is 116 cm³/mol. The highest BCUT2D eigenvalue weighted by atomic mass is 16.7. The van der Waals surface area contributed by atoms with Crippen LogP contribution in [0.3, 0.4) is 0 Å². The number of imide groups is 1. The average molecular weight is 437 g/mol. The van der Waals surface area contributed by atoms with Crippen molar-refractivity contribution in [2.45, 2.75) is 19.4 Å². The molecule has 2 aromatic carbocycles. The molecule has 166 valence electrons. The van der Waals surface area contributed by atoms with Crippen molar-refractivity contribution in [2.75, 3.05) is 25.3 Å². The quantitative estimate of drug-likeness (QED) is 0.510. The maximum absolute atomic E-state index is 13.1. The molecule has 9 heteroatoms. The number of fused-ring (bicyclic) bond motifs is 1. The Hall–Kier alpha value is -4.01. The molecule has 2 aliphatic rings. The van der Waals surface area contributed by atoms with Crippen molar-refractivity contribution in [2.24, 2.45) is 0 Å². The third kappa shape index (κ3) is 4.09. The van der Waals surface area contributed by atoms with E-state index in [1.54, 1.807) is 49.4 Å². The summed E-state index contributed by atoms with van der Waals surface area (Å²) >= 11 is 0. The van der Waals surface area contributed by atoms with E-state index in [-0.39, 0.29) is 6.79 Å². The lowest BCUT2D eigenvalue weighted by atomic mass is 9.92. The van der Waals surface area contributed by atoms with Gasteiger partial charge in [0.15, 0.2) is 11.5 Å². The number of anilines is 1. The predicted octanol–water partition coefficient (Wildman–Crippen LogP) is 2.78. The van der Waals surface area contributed by atoms with Gasteiger partial charge in [-0.2, -0.15) is 0 Å². The summed E-state index contributed by atoms with van der Waals surface area (Å²) in [5.74, 6) is 0.695. The van der Waals surface area contributed by atoms with Crippen LogP contribution in [-0.4, -0.2) is 42.7 Å². The van der Waals surface area contributed by atoms with Gasteiger partial charge in [0.25, 0.3) is 5.91 Å². The summed E-state index contributed by atoms with van der Waals surface area (Å²) in [6.45, 7) is 7.34. The van der Waals surface area contributed by atoms with Crippen LogP contribution in [0.25, 0.3) is 0 Å². The monoisotopic (exact) mass is 437 g/mol. The first-order chi connectivity index (χ1) is 15.3. The molecule has 0 saturated carbocycles. The second-order valence-corrected chi connectivity index (χ2v) is 7.83. The number of benzene rings is 2. The normalized spacial score (nSPS) is 19.0. The summed E-state index contributed by atoms with van der Waals surface area (Å²) in [7, 11) is 0. The molecule has 32 heavy (non-hydrogen) atoms. The fraction of sp³-hybridized carbons (Fsp3) is 0.261. The summed E-state index contributed by atoms with van der Waals surface area (Å²) in [5.41, 5.74) is 0.647. The van der Waals surface area contributed by atoms with Crippen LogP contribution >= 0.6 is 0 Å². The maximum atomic E-state index is 13.1. The van der Waals surface area contributed by atoms with Crippen molar-refractivity contribution in [3.05, 3.63) is 60.2 Å². The number of amides is 4. The highest BCUT2D eigenvalue weighted by Gasteiger charge is 2.49. The van der Waals surface area contributed by atoms with Crippen molar-refractivity contribution in [1.82, 2.24) is 10.2 Å². The largest absolute Gasteiger partial charge is 0.489 e. The van der Waals surface area contributed by atoms with Crippen molar-refractivity contribution in [1.29, 1.82) is 0 Å². The van der Waals surface area contributed by atoms with E-state index < -0.39 is 29.9 Å². The van der Waals surface area contributed by atoms with Gasteiger partial charge in [-0.15, -0.1) is 0 Å². The molecule has 1 saturated heterocycles. The number of ether oxygens (including phenoxy) is 3. The maximum Gasteiger partial charge on any atom is 0.325 e. The fourth-order valence-corrected chi connectivity index (χ4v) is 3.45. The number of hydrogen-bond donors (Lipinski definition) is 2. The van der Waals surface area contributed by atoms with Crippen molar-refractivity contribution >= 4 is 23.5 Å². The number of carbonyl (C=O) groups excluding carboxylic acids is 3. The molecule has 9 nitrogen and oxygen atoms in total. The zero-order valence-electron chi connectivity index (χ0n) is 17.8. The first-order valence-corrected chi connectivity index (χ1v) is 9.97. The summed E-state index contributed by atoms with van der Waals surface area (Å²) < 4.78 is 16.1. The van der Waals surface area contributed by atoms with Crippen LogP contribution in [0.15, 0.2) is 54.6 Å². The summed E-state index contributed by atoms with van der Waals surface area (Å²) in [6.07, 6.45) is 0. The second-order valence-electron chi connectivity index (χ2n) is 7.83. The summed E-state index contributed by atoms with van der Waals surface area (Å²) in [4.78, 5) is 39.0. The smallest absolute Gasteiger partial charge is 0.325 e. The molecular formula is C23H23N3O6. The van der Waals surface area contributed by atoms with E-state index in [1.807, 2.05) is 6.92 Å². The minimum absolute atomic E-state index is 0.120. The third-order valence-electron chi connectivity index (χ3n) is 5.15. The Morgan fingerprint density at radius 2 is 1.91 bits per heavy atom. The van der Waals surface area contributed by atoms with E-state index >= 15 is 0 Å². The van der Waals surface area contributed by atoms with Gasteiger partial charge in [0.05, 0.1) is 0 Å². The molecule has 0 aliphatic carbocycles. The lowest BCUT2D eigenvalue weighted by molar-refractivity contribution is -0.133. The molecule has 0 radical (unpaired) electrons. The molecule has 1 fully saturated rings. The highest BCUT2D eigenvalue weighted by molar-refractivity contribution is 6.10. The number of hydrogen-bond acceptors (Lipinski definition) is 6. The Morgan fingerprint density at radius 3 is 2.62 bits per heavy atom. The van der Waals surface area contributed by atoms with Crippen molar-refractivity contribution in [3.8, 4) is 17.2 Å². The molecule has 0 aromatic heterocycles. The molecule has 2 N–H and O–H groups in total. The minimum Gasteiger partial charge on any atom is -0.489 e. The Bertz CT molecular complexity index is 1100. The average Bonchev–Trinajstić information content (AvgIpc) is 3.31. The topological polar surface area (TPSA) is 106 Å². The number of urea groups is 1. The number of carbonyl (C=O) groups is 3. The van der Waals surface area contributed by atoms with Gasteiger partial charge in [-0.3, -0.25) is 14.5 Å².